The molecule has 14 nitrogen and oxygen atoms in total. The minimum absolute atomic E-state index is 0.0588. The van der Waals surface area contributed by atoms with Gasteiger partial charge in [0.15, 0.2) is 5.82 Å². The van der Waals surface area contributed by atoms with Crippen LogP contribution in [0.2, 0.25) is 0 Å². The van der Waals surface area contributed by atoms with Crippen LogP contribution in [0.25, 0.3) is 11.4 Å². The highest BCUT2D eigenvalue weighted by Crippen LogP contribution is 2.23. The van der Waals surface area contributed by atoms with Crippen molar-refractivity contribution in [1.29, 1.82) is 0 Å². The van der Waals surface area contributed by atoms with Crippen LogP contribution >= 0.6 is 0 Å². The average molecular weight is 612 g/mol. The molecule has 2 aromatic rings. The second kappa shape index (κ2) is 16.0. The normalized spacial score (nSPS) is 16.2. The fourth-order valence-electron chi connectivity index (χ4n) is 5.11. The van der Waals surface area contributed by atoms with Gasteiger partial charge in [-0.2, -0.15) is 0 Å². The van der Waals surface area contributed by atoms with Gasteiger partial charge in [-0.05, 0) is 19.8 Å². The molecular weight excluding hydrogens is 570 g/mol. The topological polar surface area (TPSA) is 158 Å². The molecule has 4 rings (SSSR count). The maximum atomic E-state index is 13.8. The number of nitrogens with zero attached hydrogens (tertiary/aromatic N) is 6. The molecule has 1 aromatic heterocycles. The fraction of sp³-hybridized carbons (Fsp3) is 0.533. The second-order valence-electron chi connectivity index (χ2n) is 10.5. The van der Waals surface area contributed by atoms with Crippen LogP contribution in [0.4, 0.5) is 10.6 Å². The molecular formula is C30H41N7O7. The first-order chi connectivity index (χ1) is 21.3. The molecule has 14 heteroatoms. The number of rotatable bonds is 12. The molecule has 0 saturated carbocycles. The Bertz CT molecular complexity index is 1280. The van der Waals surface area contributed by atoms with Gasteiger partial charge in [0.1, 0.15) is 17.6 Å². The van der Waals surface area contributed by atoms with Crippen molar-refractivity contribution in [3.63, 3.8) is 0 Å². The zero-order chi connectivity index (χ0) is 31.5. The van der Waals surface area contributed by atoms with E-state index in [-0.39, 0.29) is 51.3 Å². The van der Waals surface area contributed by atoms with E-state index in [1.807, 2.05) is 35.3 Å². The van der Waals surface area contributed by atoms with Crippen molar-refractivity contribution < 1.29 is 33.8 Å². The Morgan fingerprint density at radius 2 is 1.68 bits per heavy atom. The van der Waals surface area contributed by atoms with Crippen molar-refractivity contribution in [1.82, 2.24) is 30.1 Å². The first-order valence-electron chi connectivity index (χ1n) is 15.1. The molecule has 2 aliphatic rings. The Balaban J connectivity index is 1.59. The standard InChI is InChI=1S/C30H41N7O7/c1-3-12-37(36-17-19-43-20-18-36)25-21-24(31-27(33-25)22-8-6-5-7-9-22)28(40)32-23(10-11-26(38)39)29(41)34-13-15-35(16-14-34)30(42)44-4-2/h5-9,21,23H,3-4,10-20H2,1-2H3,(H,32,40)(H,38,39). The minimum Gasteiger partial charge on any atom is -0.481 e. The van der Waals surface area contributed by atoms with Gasteiger partial charge in [0, 0.05) is 63.9 Å². The third-order valence-corrected chi connectivity index (χ3v) is 7.37. The van der Waals surface area contributed by atoms with Crippen LogP contribution in [-0.2, 0) is 19.1 Å². The van der Waals surface area contributed by atoms with E-state index in [4.69, 9.17) is 14.5 Å². The first kappa shape index (κ1) is 32.6. The summed E-state index contributed by atoms with van der Waals surface area (Å²) in [5.41, 5.74) is 0.781. The number of hydrogen-bond donors (Lipinski definition) is 2. The second-order valence-corrected chi connectivity index (χ2v) is 10.5. The van der Waals surface area contributed by atoms with Gasteiger partial charge in [0.2, 0.25) is 5.91 Å². The molecule has 2 aliphatic heterocycles. The lowest BCUT2D eigenvalue weighted by molar-refractivity contribution is -0.138. The van der Waals surface area contributed by atoms with E-state index >= 15 is 0 Å². The molecule has 3 amide bonds. The Hall–Kier alpha value is -4.30. The smallest absolute Gasteiger partial charge is 0.409 e. The van der Waals surface area contributed by atoms with Crippen LogP contribution in [0.1, 0.15) is 43.6 Å². The quantitative estimate of drug-likeness (QED) is 0.361. The Labute approximate surface area is 256 Å². The molecule has 0 radical (unpaired) electrons. The molecule has 1 atom stereocenters. The van der Waals surface area contributed by atoms with Gasteiger partial charge in [0.05, 0.1) is 19.8 Å². The number of aliphatic carboxylic acids is 1. The molecule has 2 N–H and O–H groups in total. The summed E-state index contributed by atoms with van der Waals surface area (Å²) in [6.45, 7) is 8.19. The first-order valence-corrected chi connectivity index (χ1v) is 15.1. The number of carbonyl (C=O) groups excluding carboxylic acids is 3. The number of carboxylic acids is 1. The number of carbonyl (C=O) groups is 4. The maximum absolute atomic E-state index is 13.8. The maximum Gasteiger partial charge on any atom is 0.409 e. The molecule has 0 bridgehead atoms. The van der Waals surface area contributed by atoms with Crippen molar-refractivity contribution in [2.75, 3.05) is 70.6 Å². The fourth-order valence-corrected chi connectivity index (χ4v) is 5.11. The predicted octanol–water partition coefficient (Wildman–Crippen LogP) is 1.87. The molecule has 2 fully saturated rings. The number of hydrazine groups is 1. The van der Waals surface area contributed by atoms with Crippen molar-refractivity contribution in [3.05, 3.63) is 42.1 Å². The summed E-state index contributed by atoms with van der Waals surface area (Å²) in [4.78, 5) is 63.3. The van der Waals surface area contributed by atoms with Gasteiger partial charge >= 0.3 is 12.1 Å². The van der Waals surface area contributed by atoms with Gasteiger partial charge in [0.25, 0.3) is 5.91 Å². The summed E-state index contributed by atoms with van der Waals surface area (Å²) >= 11 is 0. The zero-order valence-electron chi connectivity index (χ0n) is 25.3. The highest BCUT2D eigenvalue weighted by atomic mass is 16.6. The summed E-state index contributed by atoms with van der Waals surface area (Å²) in [5, 5.41) is 16.3. The number of piperazine rings is 1. The van der Waals surface area contributed by atoms with E-state index < -0.39 is 29.9 Å². The third-order valence-electron chi connectivity index (χ3n) is 7.37. The summed E-state index contributed by atoms with van der Waals surface area (Å²) in [5.74, 6) is -1.22. The Morgan fingerprint density at radius 1 is 1.00 bits per heavy atom. The van der Waals surface area contributed by atoms with E-state index in [0.717, 1.165) is 12.0 Å². The number of morpholine rings is 1. The van der Waals surface area contributed by atoms with Crippen LogP contribution < -0.4 is 10.3 Å². The lowest BCUT2D eigenvalue weighted by atomic mass is 10.1. The predicted molar refractivity (Wildman–Crippen MR) is 161 cm³/mol. The van der Waals surface area contributed by atoms with Gasteiger partial charge in [-0.1, -0.05) is 37.3 Å². The number of anilines is 1. The highest BCUT2D eigenvalue weighted by Gasteiger charge is 2.32. The SMILES string of the molecule is CCCN(c1cc(C(=O)NC(CCC(=O)O)C(=O)N2CCN(C(=O)OCC)CC2)nc(-c2ccccc2)n1)N1CCOCC1. The molecule has 44 heavy (non-hydrogen) atoms. The van der Waals surface area contributed by atoms with E-state index in [2.05, 4.69) is 22.2 Å². The number of aromatic nitrogens is 2. The van der Waals surface area contributed by atoms with Crippen molar-refractivity contribution in [2.24, 2.45) is 0 Å². The zero-order valence-corrected chi connectivity index (χ0v) is 25.3. The largest absolute Gasteiger partial charge is 0.481 e. The lowest BCUT2D eigenvalue weighted by Gasteiger charge is -2.38. The van der Waals surface area contributed by atoms with Gasteiger partial charge in [-0.25, -0.2) is 19.8 Å². The monoisotopic (exact) mass is 611 g/mol. The number of ether oxygens (including phenoxy) is 2. The Morgan fingerprint density at radius 3 is 2.32 bits per heavy atom. The van der Waals surface area contributed by atoms with Crippen molar-refractivity contribution >= 4 is 29.7 Å². The third kappa shape index (κ3) is 8.63. The van der Waals surface area contributed by atoms with Crippen molar-refractivity contribution in [3.8, 4) is 11.4 Å². The Kier molecular flexibility index (Phi) is 11.8. The lowest BCUT2D eigenvalue weighted by Crippen LogP contribution is -2.56. The van der Waals surface area contributed by atoms with Crippen molar-refractivity contribution in [2.45, 2.75) is 39.2 Å². The van der Waals surface area contributed by atoms with Crippen LogP contribution in [0.5, 0.6) is 0 Å². The number of nitrogens with one attached hydrogen (secondary N) is 1. The number of hydrogen-bond acceptors (Lipinski definition) is 10. The molecule has 2 saturated heterocycles. The highest BCUT2D eigenvalue weighted by molar-refractivity contribution is 5.97. The van der Waals surface area contributed by atoms with Crippen LogP contribution in [0.3, 0.4) is 0 Å². The minimum atomic E-state index is -1.10. The van der Waals surface area contributed by atoms with Crippen LogP contribution in [0, 0.1) is 0 Å². The van der Waals surface area contributed by atoms with E-state index in [0.29, 0.717) is 44.5 Å². The van der Waals surface area contributed by atoms with Gasteiger partial charge < -0.3 is 29.7 Å². The van der Waals surface area contributed by atoms with E-state index in [1.54, 1.807) is 13.0 Å². The summed E-state index contributed by atoms with van der Waals surface area (Å²) < 4.78 is 10.6. The molecule has 238 valence electrons. The number of amides is 3. The summed E-state index contributed by atoms with van der Waals surface area (Å²) in [6.07, 6.45) is -0.0283. The van der Waals surface area contributed by atoms with Gasteiger partial charge in [-0.3, -0.25) is 19.4 Å². The molecule has 0 spiro atoms. The summed E-state index contributed by atoms with van der Waals surface area (Å²) in [6, 6.07) is 9.81. The van der Waals surface area contributed by atoms with Crippen LogP contribution in [-0.4, -0.2) is 125 Å². The molecule has 1 unspecified atom stereocenters. The summed E-state index contributed by atoms with van der Waals surface area (Å²) in [7, 11) is 0. The van der Waals surface area contributed by atoms with E-state index in [1.165, 1.54) is 9.80 Å². The van der Waals surface area contributed by atoms with Crippen LogP contribution in [0.15, 0.2) is 36.4 Å². The molecule has 0 aliphatic carbocycles. The van der Waals surface area contributed by atoms with Gasteiger partial charge in [-0.15, -0.1) is 0 Å². The molecule has 1 aromatic carbocycles. The number of benzene rings is 1. The van der Waals surface area contributed by atoms with E-state index in [9.17, 15) is 24.3 Å². The molecule has 3 heterocycles. The average Bonchev–Trinajstić information content (AvgIpc) is 3.05. The number of carboxylic acid groups (broad SMARTS) is 1.